The molecular weight excluding hydrogens is 214 g/mol. The Morgan fingerprint density at radius 3 is 3.06 bits per heavy atom. The molecule has 0 aliphatic carbocycles. The summed E-state index contributed by atoms with van der Waals surface area (Å²) in [5.74, 6) is 0.872. The summed E-state index contributed by atoms with van der Waals surface area (Å²) in [7, 11) is 0. The summed E-state index contributed by atoms with van der Waals surface area (Å²) in [5, 5.41) is 11.9. The van der Waals surface area contributed by atoms with Crippen LogP contribution in [-0.2, 0) is 0 Å². The first kappa shape index (κ1) is 12.0. The molecule has 1 aliphatic rings. The van der Waals surface area contributed by atoms with E-state index < -0.39 is 0 Å². The molecule has 17 heavy (non-hydrogen) atoms. The molecule has 1 aliphatic heterocycles. The number of rotatable bonds is 4. The van der Waals surface area contributed by atoms with Crippen LogP contribution in [0.3, 0.4) is 0 Å². The second-order valence-electron chi connectivity index (χ2n) is 4.12. The summed E-state index contributed by atoms with van der Waals surface area (Å²) < 4.78 is 0. The summed E-state index contributed by atoms with van der Waals surface area (Å²) in [6.07, 6.45) is 5.10. The molecule has 1 fully saturated rings. The summed E-state index contributed by atoms with van der Waals surface area (Å²) in [6.45, 7) is 3.82. The molecule has 90 valence electrons. The van der Waals surface area contributed by atoms with Gasteiger partial charge in [0.15, 0.2) is 0 Å². The molecular formula is C12H17N5. The van der Waals surface area contributed by atoms with E-state index >= 15 is 0 Å². The van der Waals surface area contributed by atoms with E-state index in [1.807, 2.05) is 6.07 Å². The number of hydrogen-bond acceptors (Lipinski definition) is 5. The van der Waals surface area contributed by atoms with Crippen LogP contribution in [0, 0.1) is 11.3 Å². The van der Waals surface area contributed by atoms with Crippen LogP contribution < -0.4 is 5.32 Å². The van der Waals surface area contributed by atoms with Crippen LogP contribution in [-0.4, -0.2) is 41.0 Å². The minimum atomic E-state index is 0.239. The second kappa shape index (κ2) is 6.28. The van der Waals surface area contributed by atoms with E-state index in [4.69, 9.17) is 5.26 Å². The molecule has 0 aromatic carbocycles. The van der Waals surface area contributed by atoms with Crippen molar-refractivity contribution in [2.24, 2.45) is 0 Å². The van der Waals surface area contributed by atoms with Gasteiger partial charge in [-0.15, -0.1) is 0 Å². The van der Waals surface area contributed by atoms with E-state index in [1.54, 1.807) is 12.4 Å². The number of nitriles is 1. The number of nitrogens with one attached hydrogen (secondary N) is 1. The van der Waals surface area contributed by atoms with Crippen molar-refractivity contribution in [3.63, 3.8) is 0 Å². The Balaban J connectivity index is 2.00. The highest BCUT2D eigenvalue weighted by Gasteiger charge is 2.24. The first-order valence-electron chi connectivity index (χ1n) is 6.00. The highest BCUT2D eigenvalue weighted by Crippen LogP contribution is 2.18. The maximum atomic E-state index is 8.57. The molecule has 0 saturated carbocycles. The Kier molecular flexibility index (Phi) is 4.42. The monoisotopic (exact) mass is 231 g/mol. The molecule has 2 rings (SSSR count). The van der Waals surface area contributed by atoms with E-state index in [1.165, 1.54) is 0 Å². The molecule has 1 aromatic rings. The van der Waals surface area contributed by atoms with Crippen molar-refractivity contribution in [2.75, 3.05) is 26.2 Å². The van der Waals surface area contributed by atoms with Crippen LogP contribution in [0.1, 0.15) is 24.7 Å². The second-order valence-corrected chi connectivity index (χ2v) is 4.12. The third kappa shape index (κ3) is 3.22. The zero-order valence-electron chi connectivity index (χ0n) is 9.84. The summed E-state index contributed by atoms with van der Waals surface area (Å²) >= 11 is 0. The summed E-state index contributed by atoms with van der Waals surface area (Å²) in [4.78, 5) is 11.0. The fourth-order valence-electron chi connectivity index (χ4n) is 2.11. The highest BCUT2D eigenvalue weighted by molar-refractivity contribution is 4.99. The minimum Gasteiger partial charge on any atom is -0.313 e. The Bertz CT molecular complexity index is 372. The van der Waals surface area contributed by atoms with Crippen LogP contribution in [0.25, 0.3) is 0 Å². The molecule has 1 unspecified atom stereocenters. The van der Waals surface area contributed by atoms with Crippen molar-refractivity contribution in [1.82, 2.24) is 20.2 Å². The van der Waals surface area contributed by atoms with E-state index in [9.17, 15) is 0 Å². The van der Waals surface area contributed by atoms with Crippen LogP contribution in [0.4, 0.5) is 0 Å². The average Bonchev–Trinajstić information content (AvgIpc) is 2.41. The molecule has 0 bridgehead atoms. The fourth-order valence-corrected chi connectivity index (χ4v) is 2.11. The molecule has 1 aromatic heterocycles. The van der Waals surface area contributed by atoms with Gasteiger partial charge in [0.2, 0.25) is 0 Å². The van der Waals surface area contributed by atoms with Gasteiger partial charge in [-0.05, 0) is 19.0 Å². The third-order valence-electron chi connectivity index (χ3n) is 2.97. The molecule has 5 heteroatoms. The maximum Gasteiger partial charge on any atom is 0.146 e. The molecule has 0 amide bonds. The molecule has 5 nitrogen and oxygen atoms in total. The molecule has 0 radical (unpaired) electrons. The van der Waals surface area contributed by atoms with E-state index in [0.717, 1.165) is 38.4 Å². The van der Waals surface area contributed by atoms with Crippen molar-refractivity contribution in [1.29, 1.82) is 5.26 Å². The number of unbranched alkanes of at least 4 members (excludes halogenated alkanes) is 1. The van der Waals surface area contributed by atoms with Gasteiger partial charge in [0.1, 0.15) is 5.82 Å². The average molecular weight is 231 g/mol. The van der Waals surface area contributed by atoms with Gasteiger partial charge in [0.05, 0.1) is 12.1 Å². The Morgan fingerprint density at radius 2 is 2.29 bits per heavy atom. The van der Waals surface area contributed by atoms with E-state index in [0.29, 0.717) is 6.42 Å². The maximum absolute atomic E-state index is 8.57. The van der Waals surface area contributed by atoms with Crippen molar-refractivity contribution in [3.05, 3.63) is 24.3 Å². The van der Waals surface area contributed by atoms with Crippen LogP contribution >= 0.6 is 0 Å². The van der Waals surface area contributed by atoms with Crippen LogP contribution in [0.5, 0.6) is 0 Å². The normalized spacial score (nSPS) is 21.0. The van der Waals surface area contributed by atoms with Gasteiger partial charge in [-0.25, -0.2) is 9.97 Å². The van der Waals surface area contributed by atoms with Gasteiger partial charge in [0, 0.05) is 38.4 Å². The van der Waals surface area contributed by atoms with Crippen molar-refractivity contribution in [3.8, 4) is 6.07 Å². The van der Waals surface area contributed by atoms with E-state index in [-0.39, 0.29) is 6.04 Å². The number of aromatic nitrogens is 2. The quantitative estimate of drug-likeness (QED) is 0.774. The smallest absolute Gasteiger partial charge is 0.146 e. The third-order valence-corrected chi connectivity index (χ3v) is 2.97. The summed E-state index contributed by atoms with van der Waals surface area (Å²) in [5.41, 5.74) is 0. The number of nitrogens with zero attached hydrogens (tertiary/aromatic N) is 4. The summed E-state index contributed by atoms with van der Waals surface area (Å²) in [6, 6.07) is 4.26. The fraction of sp³-hybridized carbons (Fsp3) is 0.583. The molecule has 0 spiro atoms. The largest absolute Gasteiger partial charge is 0.313 e. The first-order valence-corrected chi connectivity index (χ1v) is 6.00. The number of piperazine rings is 1. The predicted molar refractivity (Wildman–Crippen MR) is 64.1 cm³/mol. The van der Waals surface area contributed by atoms with Crippen molar-refractivity contribution < 1.29 is 0 Å². The lowest BCUT2D eigenvalue weighted by Crippen LogP contribution is -2.46. The van der Waals surface area contributed by atoms with Crippen LogP contribution in [0.2, 0.25) is 0 Å². The Labute approximate surface area is 101 Å². The zero-order chi connectivity index (χ0) is 11.9. The van der Waals surface area contributed by atoms with Gasteiger partial charge >= 0.3 is 0 Å². The van der Waals surface area contributed by atoms with Gasteiger partial charge in [-0.2, -0.15) is 5.26 Å². The van der Waals surface area contributed by atoms with Gasteiger partial charge in [-0.3, -0.25) is 4.90 Å². The van der Waals surface area contributed by atoms with Gasteiger partial charge in [0.25, 0.3) is 0 Å². The lowest BCUT2D eigenvalue weighted by Gasteiger charge is -2.34. The molecule has 1 N–H and O–H groups in total. The highest BCUT2D eigenvalue weighted by atomic mass is 15.2. The van der Waals surface area contributed by atoms with Crippen molar-refractivity contribution >= 4 is 0 Å². The molecule has 1 atom stereocenters. The minimum absolute atomic E-state index is 0.239. The van der Waals surface area contributed by atoms with Gasteiger partial charge in [-0.1, -0.05) is 0 Å². The van der Waals surface area contributed by atoms with Crippen molar-refractivity contribution in [2.45, 2.75) is 18.9 Å². The first-order chi connectivity index (χ1) is 8.42. The lowest BCUT2D eigenvalue weighted by molar-refractivity contribution is 0.154. The van der Waals surface area contributed by atoms with Gasteiger partial charge < -0.3 is 5.32 Å². The van der Waals surface area contributed by atoms with E-state index in [2.05, 4.69) is 26.3 Å². The standard InChI is InChI=1S/C12H17N5/c13-4-1-2-8-17-9-7-14-10-11(17)12-15-5-3-6-16-12/h3,5-6,11,14H,1-2,7-10H2. The lowest BCUT2D eigenvalue weighted by atomic mass is 10.1. The molecule has 1 saturated heterocycles. The Morgan fingerprint density at radius 1 is 1.47 bits per heavy atom. The van der Waals surface area contributed by atoms with Crippen LogP contribution in [0.15, 0.2) is 18.5 Å². The zero-order valence-corrected chi connectivity index (χ0v) is 9.84. The Hall–Kier alpha value is -1.51. The SMILES string of the molecule is N#CCCCN1CCNCC1c1ncccn1. The predicted octanol–water partition coefficient (Wildman–Crippen LogP) is 0.727. The number of hydrogen-bond donors (Lipinski definition) is 1. The topological polar surface area (TPSA) is 64.8 Å². The molecule has 2 heterocycles.